The van der Waals surface area contributed by atoms with Crippen molar-refractivity contribution in [3.05, 3.63) is 32.7 Å². The van der Waals surface area contributed by atoms with Gasteiger partial charge >= 0.3 is 17.9 Å². The van der Waals surface area contributed by atoms with E-state index in [-0.39, 0.29) is 17.9 Å². The van der Waals surface area contributed by atoms with Crippen LogP contribution in [-0.2, 0) is 19.7 Å². The Hall–Kier alpha value is -2.64. The molecule has 0 aliphatic heterocycles. The van der Waals surface area contributed by atoms with Gasteiger partial charge in [0.05, 0.1) is 32.0 Å². The summed E-state index contributed by atoms with van der Waals surface area (Å²) < 4.78 is 15.6. The van der Waals surface area contributed by atoms with E-state index in [2.05, 4.69) is 9.47 Å². The van der Waals surface area contributed by atoms with E-state index in [1.807, 2.05) is 0 Å². The molecule has 1 heterocycles. The van der Waals surface area contributed by atoms with Gasteiger partial charge in [0.1, 0.15) is 5.56 Å². The highest BCUT2D eigenvalue weighted by atomic mass is 16.5. The smallest absolute Gasteiger partial charge is 0.344 e. The van der Waals surface area contributed by atoms with Gasteiger partial charge in [-0.25, -0.2) is 14.4 Å². The van der Waals surface area contributed by atoms with Crippen LogP contribution in [0.3, 0.4) is 0 Å². The Morgan fingerprint density at radius 1 is 0.920 bits per heavy atom. The van der Waals surface area contributed by atoms with Crippen LogP contribution in [0.15, 0.2) is 4.79 Å². The quantitative estimate of drug-likeness (QED) is 0.599. The summed E-state index contributed by atoms with van der Waals surface area (Å²) in [6, 6.07) is 0. The molecule has 8 nitrogen and oxygen atoms in total. The van der Waals surface area contributed by atoms with Crippen LogP contribution in [0, 0.1) is 6.92 Å². The zero-order valence-electron chi connectivity index (χ0n) is 15.5. The number of methoxy groups -OCH3 is 2. The first-order valence-corrected chi connectivity index (χ1v) is 7.66. The standard InChI is InChI=1S/C17H23NO7/c1-8-25-16(22)10-9(2)18(17(3,4)5)13(19)12(15(21)24-7)11(10)14(20)23-6/h8H2,1-7H3. The lowest BCUT2D eigenvalue weighted by Gasteiger charge is -2.28. The molecule has 0 spiro atoms. The van der Waals surface area contributed by atoms with Crippen molar-refractivity contribution in [2.24, 2.45) is 0 Å². The number of ether oxygens (including phenoxy) is 3. The van der Waals surface area contributed by atoms with Gasteiger partial charge in [-0.15, -0.1) is 0 Å². The molecule has 0 amide bonds. The van der Waals surface area contributed by atoms with Gasteiger partial charge in [0.25, 0.3) is 5.56 Å². The summed E-state index contributed by atoms with van der Waals surface area (Å²) >= 11 is 0. The number of hydrogen-bond donors (Lipinski definition) is 0. The van der Waals surface area contributed by atoms with Crippen LogP contribution in [0.1, 0.15) is 64.5 Å². The van der Waals surface area contributed by atoms with Crippen molar-refractivity contribution in [2.75, 3.05) is 20.8 Å². The third kappa shape index (κ3) is 3.72. The summed E-state index contributed by atoms with van der Waals surface area (Å²) in [5, 5.41) is 0. The SMILES string of the molecule is CCOC(=O)c1c(C(=O)OC)c(C(=O)OC)c(=O)n(C(C)(C)C)c1C. The highest BCUT2D eigenvalue weighted by Gasteiger charge is 2.35. The Morgan fingerprint density at radius 2 is 1.40 bits per heavy atom. The van der Waals surface area contributed by atoms with E-state index in [0.29, 0.717) is 0 Å². The molecule has 1 aromatic heterocycles. The van der Waals surface area contributed by atoms with Crippen LogP contribution >= 0.6 is 0 Å². The van der Waals surface area contributed by atoms with Gasteiger partial charge < -0.3 is 18.8 Å². The highest BCUT2D eigenvalue weighted by Crippen LogP contribution is 2.24. The molecule has 0 N–H and O–H groups in total. The van der Waals surface area contributed by atoms with Crippen LogP contribution in [0.5, 0.6) is 0 Å². The first kappa shape index (κ1) is 20.4. The summed E-state index contributed by atoms with van der Waals surface area (Å²) in [4.78, 5) is 49.8. The van der Waals surface area contributed by atoms with E-state index in [1.54, 1.807) is 27.7 Å². The maximum Gasteiger partial charge on any atom is 0.344 e. The molecule has 0 radical (unpaired) electrons. The molecule has 0 bridgehead atoms. The molecular formula is C17H23NO7. The average molecular weight is 353 g/mol. The molecule has 0 saturated carbocycles. The lowest BCUT2D eigenvalue weighted by Crippen LogP contribution is -2.42. The number of carbonyl (C=O) groups is 3. The molecule has 8 heteroatoms. The number of hydrogen-bond acceptors (Lipinski definition) is 7. The van der Waals surface area contributed by atoms with Gasteiger partial charge in [0.15, 0.2) is 0 Å². The molecular weight excluding hydrogens is 330 g/mol. The molecule has 0 aliphatic carbocycles. The predicted octanol–water partition coefficient (Wildman–Crippen LogP) is 1.66. The number of pyridine rings is 1. The lowest BCUT2D eigenvalue weighted by molar-refractivity contribution is 0.0494. The topological polar surface area (TPSA) is 101 Å². The Balaban J connectivity index is 4.16. The second-order valence-electron chi connectivity index (χ2n) is 6.23. The van der Waals surface area contributed by atoms with E-state index in [9.17, 15) is 19.2 Å². The van der Waals surface area contributed by atoms with Gasteiger partial charge in [-0.3, -0.25) is 4.79 Å². The molecule has 0 unspecified atom stereocenters. The van der Waals surface area contributed by atoms with E-state index >= 15 is 0 Å². The van der Waals surface area contributed by atoms with Gasteiger partial charge in [-0.05, 0) is 34.6 Å². The van der Waals surface area contributed by atoms with Crippen LogP contribution in [-0.4, -0.2) is 43.3 Å². The third-order valence-corrected chi connectivity index (χ3v) is 3.54. The van der Waals surface area contributed by atoms with Crippen molar-refractivity contribution in [2.45, 2.75) is 40.2 Å². The van der Waals surface area contributed by atoms with Crippen LogP contribution in [0.2, 0.25) is 0 Å². The van der Waals surface area contributed by atoms with Crippen molar-refractivity contribution in [3.63, 3.8) is 0 Å². The van der Waals surface area contributed by atoms with Crippen LogP contribution < -0.4 is 5.56 Å². The summed E-state index contributed by atoms with van der Waals surface area (Å²) in [6.07, 6.45) is 0. The second kappa shape index (κ2) is 7.50. The van der Waals surface area contributed by atoms with Gasteiger partial charge in [0, 0.05) is 11.2 Å². The van der Waals surface area contributed by atoms with E-state index in [0.717, 1.165) is 14.2 Å². The normalized spacial score (nSPS) is 11.0. The van der Waals surface area contributed by atoms with E-state index < -0.39 is 40.1 Å². The third-order valence-electron chi connectivity index (χ3n) is 3.54. The van der Waals surface area contributed by atoms with E-state index in [1.165, 1.54) is 11.5 Å². The van der Waals surface area contributed by atoms with Gasteiger partial charge in [0.2, 0.25) is 0 Å². The number of esters is 3. The zero-order valence-corrected chi connectivity index (χ0v) is 15.5. The number of aromatic nitrogens is 1. The Kier molecular flexibility index (Phi) is 6.12. The molecule has 0 aliphatic rings. The first-order valence-electron chi connectivity index (χ1n) is 7.66. The minimum atomic E-state index is -1.03. The number of rotatable bonds is 4. The predicted molar refractivity (Wildman–Crippen MR) is 89.1 cm³/mol. The van der Waals surface area contributed by atoms with Crippen LogP contribution in [0.4, 0.5) is 0 Å². The largest absolute Gasteiger partial charge is 0.465 e. The molecule has 1 aromatic rings. The molecule has 25 heavy (non-hydrogen) atoms. The molecule has 138 valence electrons. The second-order valence-corrected chi connectivity index (χ2v) is 6.23. The van der Waals surface area contributed by atoms with Gasteiger partial charge in [-0.2, -0.15) is 0 Å². The monoisotopic (exact) mass is 353 g/mol. The fourth-order valence-electron chi connectivity index (χ4n) is 2.65. The van der Waals surface area contributed by atoms with Crippen molar-refractivity contribution in [1.82, 2.24) is 4.57 Å². The summed E-state index contributed by atoms with van der Waals surface area (Å²) in [5.74, 6) is -2.86. The molecule has 0 atom stereocenters. The van der Waals surface area contributed by atoms with Crippen LogP contribution in [0.25, 0.3) is 0 Å². The Bertz CT molecular complexity index is 769. The first-order chi connectivity index (χ1) is 11.5. The van der Waals surface area contributed by atoms with Crippen molar-refractivity contribution in [1.29, 1.82) is 0 Å². The summed E-state index contributed by atoms with van der Waals surface area (Å²) in [7, 11) is 2.16. The molecule has 1 rings (SSSR count). The fraction of sp³-hybridized carbons (Fsp3) is 0.529. The summed E-state index contributed by atoms with van der Waals surface area (Å²) in [6.45, 7) is 8.36. The Morgan fingerprint density at radius 3 is 1.80 bits per heavy atom. The molecule has 0 aromatic carbocycles. The maximum absolute atomic E-state index is 12.9. The molecule has 0 saturated heterocycles. The highest BCUT2D eigenvalue weighted by molar-refractivity contribution is 6.10. The molecule has 0 fully saturated rings. The van der Waals surface area contributed by atoms with Crippen molar-refractivity contribution < 1.29 is 28.6 Å². The van der Waals surface area contributed by atoms with E-state index in [4.69, 9.17) is 4.74 Å². The minimum Gasteiger partial charge on any atom is -0.465 e. The number of nitrogens with zero attached hydrogens (tertiary/aromatic N) is 1. The average Bonchev–Trinajstić information content (AvgIpc) is 2.51. The van der Waals surface area contributed by atoms with Crippen molar-refractivity contribution >= 4 is 17.9 Å². The maximum atomic E-state index is 12.9. The lowest BCUT2D eigenvalue weighted by atomic mass is 9.97. The fourth-order valence-corrected chi connectivity index (χ4v) is 2.65. The minimum absolute atomic E-state index is 0.0566. The summed E-state index contributed by atoms with van der Waals surface area (Å²) in [5.41, 5.74) is -2.51. The zero-order chi connectivity index (χ0) is 19.5. The van der Waals surface area contributed by atoms with Gasteiger partial charge in [-0.1, -0.05) is 0 Å². The Labute approximate surface area is 145 Å². The van der Waals surface area contributed by atoms with Crippen molar-refractivity contribution in [3.8, 4) is 0 Å². The number of carbonyl (C=O) groups excluding carboxylic acids is 3.